The Morgan fingerprint density at radius 1 is 1.14 bits per heavy atom. The Morgan fingerprint density at radius 2 is 1.81 bits per heavy atom. The lowest BCUT2D eigenvalue weighted by Crippen LogP contribution is -2.70. The molecule has 6 unspecified atom stereocenters. The number of likely N-dealkylation sites (N-methyl/N-ethyl adjacent to an activating group) is 1. The van der Waals surface area contributed by atoms with Gasteiger partial charge in [-0.2, -0.15) is 0 Å². The van der Waals surface area contributed by atoms with Crippen LogP contribution < -0.4 is 0 Å². The molecule has 0 bridgehead atoms. The maximum Gasteiger partial charge on any atom is 0.202 e. The number of carbonyl (C=O) groups is 3. The summed E-state index contributed by atoms with van der Waals surface area (Å²) < 4.78 is 0. The van der Waals surface area contributed by atoms with Crippen molar-refractivity contribution in [1.82, 2.24) is 4.90 Å². The molecule has 9 nitrogen and oxygen atoms in total. The third-order valence-corrected chi connectivity index (χ3v) is 8.62. The quantitative estimate of drug-likeness (QED) is 0.385. The van der Waals surface area contributed by atoms with Gasteiger partial charge in [-0.15, -0.1) is 0 Å². The van der Waals surface area contributed by atoms with Gasteiger partial charge >= 0.3 is 0 Å². The first kappa shape index (κ1) is 25.4. The van der Waals surface area contributed by atoms with Crippen LogP contribution in [0.15, 0.2) is 35.1 Å². The first-order valence-electron chi connectivity index (χ1n) is 12.4. The number of phenolic OH excluding ortho intramolecular Hbond substituents is 1. The van der Waals surface area contributed by atoms with Crippen molar-refractivity contribution in [2.24, 2.45) is 11.8 Å². The van der Waals surface area contributed by atoms with E-state index >= 15 is 0 Å². The number of phenols is 1. The Hall–Kier alpha value is -3.27. The highest BCUT2D eigenvalue weighted by molar-refractivity contribution is 6.25. The smallest absolute Gasteiger partial charge is 0.202 e. The van der Waals surface area contributed by atoms with Gasteiger partial charge in [0.15, 0.2) is 17.2 Å². The first-order chi connectivity index (χ1) is 17.3. The van der Waals surface area contributed by atoms with E-state index in [1.165, 1.54) is 19.0 Å². The van der Waals surface area contributed by atoms with Crippen molar-refractivity contribution in [2.45, 2.75) is 56.8 Å². The summed E-state index contributed by atoms with van der Waals surface area (Å²) in [5, 5.41) is 57.1. The lowest BCUT2D eigenvalue weighted by Gasteiger charge is -2.53. The number of ketones is 3. The molecule has 1 saturated carbocycles. The van der Waals surface area contributed by atoms with Crippen LogP contribution in [0.2, 0.25) is 0 Å². The standard InChI is InChI=1S/C28H31NO8/c1-11-14-9-10-15(13-7-5-6-8-13)22(31)18(14)23(32)19-16(11)24(33)20-21(29(3)4)25(34)17(12(2)30)26(35)28(20,37)27(19)36/h7,9-11,16,20-21,24,31-33,35,37H,5-6,8H2,1-4H3. The zero-order valence-electron chi connectivity index (χ0n) is 21.1. The van der Waals surface area contributed by atoms with Crippen LogP contribution in [0.5, 0.6) is 5.75 Å². The number of hydrogen-bond donors (Lipinski definition) is 5. The van der Waals surface area contributed by atoms with Gasteiger partial charge in [-0.3, -0.25) is 19.3 Å². The minimum absolute atomic E-state index is 0.0398. The molecule has 0 saturated heterocycles. The SMILES string of the molecule is CC(=O)C1=C(O)C2(O)C(=O)C3=C(O)c4c(ccc(C5=CCCC5)c4O)C(C)C3C(O)C2C(N(C)C)C1=O. The van der Waals surface area contributed by atoms with E-state index in [0.29, 0.717) is 11.1 Å². The van der Waals surface area contributed by atoms with E-state index < -0.39 is 69.9 Å². The van der Waals surface area contributed by atoms with E-state index in [1.807, 2.05) is 6.08 Å². The number of hydrogen-bond acceptors (Lipinski definition) is 9. The van der Waals surface area contributed by atoms with Crippen LogP contribution in [-0.2, 0) is 14.4 Å². The Kier molecular flexibility index (Phi) is 5.74. The summed E-state index contributed by atoms with van der Waals surface area (Å²) in [7, 11) is 3.03. The maximum absolute atomic E-state index is 14.0. The summed E-state index contributed by atoms with van der Waals surface area (Å²) in [6, 6.07) is 2.22. The number of aromatic hydroxyl groups is 1. The third kappa shape index (κ3) is 3.17. The summed E-state index contributed by atoms with van der Waals surface area (Å²) in [5.74, 6) is -7.81. The second kappa shape index (κ2) is 8.37. The molecule has 0 radical (unpaired) electrons. The monoisotopic (exact) mass is 509 g/mol. The van der Waals surface area contributed by atoms with Crippen LogP contribution in [0, 0.1) is 11.8 Å². The summed E-state index contributed by atoms with van der Waals surface area (Å²) in [4.78, 5) is 41.0. The lowest BCUT2D eigenvalue weighted by atomic mass is 9.54. The topological polar surface area (TPSA) is 156 Å². The fraction of sp³-hybridized carbons (Fsp3) is 0.464. The molecule has 5 rings (SSSR count). The molecule has 37 heavy (non-hydrogen) atoms. The van der Waals surface area contributed by atoms with Crippen LogP contribution in [0.1, 0.15) is 55.7 Å². The zero-order valence-corrected chi connectivity index (χ0v) is 21.1. The van der Waals surface area contributed by atoms with Crippen molar-refractivity contribution in [3.05, 3.63) is 51.8 Å². The number of allylic oxidation sites excluding steroid dienone is 2. The van der Waals surface area contributed by atoms with Gasteiger partial charge in [0, 0.05) is 17.1 Å². The predicted molar refractivity (Wildman–Crippen MR) is 134 cm³/mol. The van der Waals surface area contributed by atoms with E-state index in [2.05, 4.69) is 0 Å². The lowest BCUT2D eigenvalue weighted by molar-refractivity contribution is -0.169. The Balaban J connectivity index is 1.78. The van der Waals surface area contributed by atoms with Crippen LogP contribution in [0.4, 0.5) is 0 Å². The van der Waals surface area contributed by atoms with Crippen LogP contribution in [0.25, 0.3) is 11.3 Å². The Morgan fingerprint density at radius 3 is 2.38 bits per heavy atom. The molecule has 4 aliphatic carbocycles. The summed E-state index contributed by atoms with van der Waals surface area (Å²) in [6.45, 7) is 2.77. The van der Waals surface area contributed by atoms with E-state index in [-0.39, 0.29) is 16.9 Å². The molecule has 1 fully saturated rings. The number of benzene rings is 1. The normalized spacial score (nSPS) is 33.4. The number of carbonyl (C=O) groups excluding carboxylic acids is 3. The highest BCUT2D eigenvalue weighted by Crippen LogP contribution is 2.56. The molecular weight excluding hydrogens is 478 g/mol. The van der Waals surface area contributed by atoms with Gasteiger partial charge in [-0.1, -0.05) is 25.1 Å². The van der Waals surface area contributed by atoms with Gasteiger partial charge < -0.3 is 25.5 Å². The second-order valence-corrected chi connectivity index (χ2v) is 10.8. The molecule has 4 aliphatic rings. The van der Waals surface area contributed by atoms with Crippen molar-refractivity contribution in [1.29, 1.82) is 0 Å². The highest BCUT2D eigenvalue weighted by atomic mass is 16.4. The van der Waals surface area contributed by atoms with Crippen LogP contribution >= 0.6 is 0 Å². The Labute approximate surface area is 214 Å². The molecule has 0 aromatic heterocycles. The first-order valence-corrected chi connectivity index (χ1v) is 12.4. The van der Waals surface area contributed by atoms with Crippen molar-refractivity contribution < 1.29 is 39.9 Å². The predicted octanol–water partition coefficient (Wildman–Crippen LogP) is 2.17. The summed E-state index contributed by atoms with van der Waals surface area (Å²) in [6.07, 6.45) is 3.01. The number of aliphatic hydroxyl groups is 4. The van der Waals surface area contributed by atoms with E-state index in [9.17, 15) is 39.9 Å². The zero-order chi connectivity index (χ0) is 27.1. The fourth-order valence-corrected chi connectivity index (χ4v) is 6.89. The second-order valence-electron chi connectivity index (χ2n) is 10.8. The van der Waals surface area contributed by atoms with Gasteiger partial charge in [-0.25, -0.2) is 0 Å². The number of nitrogens with zero attached hydrogens (tertiary/aromatic N) is 1. The molecular formula is C28H31NO8. The van der Waals surface area contributed by atoms with Crippen molar-refractivity contribution in [2.75, 3.05) is 14.1 Å². The number of Topliss-reactive ketones (excluding diaryl/α,β-unsaturated/α-hetero) is 3. The number of aliphatic hydroxyl groups excluding tert-OH is 3. The minimum Gasteiger partial charge on any atom is -0.508 e. The maximum atomic E-state index is 14.0. The van der Waals surface area contributed by atoms with Crippen molar-refractivity contribution in [3.8, 4) is 5.75 Å². The molecule has 0 amide bonds. The molecule has 9 heteroatoms. The minimum atomic E-state index is -2.83. The molecule has 1 aromatic carbocycles. The van der Waals surface area contributed by atoms with Crippen molar-refractivity contribution in [3.63, 3.8) is 0 Å². The average Bonchev–Trinajstić information content (AvgIpc) is 3.35. The van der Waals surface area contributed by atoms with Gasteiger partial charge in [-0.05, 0) is 57.3 Å². The molecule has 5 N–H and O–H groups in total. The summed E-state index contributed by atoms with van der Waals surface area (Å²) in [5.41, 5.74) is -1.88. The van der Waals surface area contributed by atoms with E-state index in [4.69, 9.17) is 0 Å². The molecule has 0 heterocycles. The summed E-state index contributed by atoms with van der Waals surface area (Å²) >= 11 is 0. The van der Waals surface area contributed by atoms with Crippen molar-refractivity contribution >= 4 is 28.7 Å². The van der Waals surface area contributed by atoms with Gasteiger partial charge in [0.05, 0.1) is 23.6 Å². The fourth-order valence-electron chi connectivity index (χ4n) is 6.89. The van der Waals surface area contributed by atoms with Gasteiger partial charge in [0.2, 0.25) is 5.78 Å². The molecule has 0 spiro atoms. The number of fused-ring (bicyclic) bond motifs is 3. The van der Waals surface area contributed by atoms with Gasteiger partial charge in [0.25, 0.3) is 0 Å². The third-order valence-electron chi connectivity index (χ3n) is 8.62. The van der Waals surface area contributed by atoms with E-state index in [1.54, 1.807) is 19.1 Å². The van der Waals surface area contributed by atoms with Gasteiger partial charge in [0.1, 0.15) is 22.8 Å². The van der Waals surface area contributed by atoms with E-state index in [0.717, 1.165) is 31.8 Å². The average molecular weight is 510 g/mol. The number of rotatable bonds is 3. The largest absolute Gasteiger partial charge is 0.508 e. The highest BCUT2D eigenvalue weighted by Gasteiger charge is 2.68. The van der Waals surface area contributed by atoms with Crippen LogP contribution in [-0.4, -0.2) is 79.6 Å². The molecule has 196 valence electrons. The Bertz CT molecular complexity index is 1350. The molecule has 6 atom stereocenters. The molecule has 0 aliphatic heterocycles. The van der Waals surface area contributed by atoms with Crippen LogP contribution in [0.3, 0.4) is 0 Å². The molecule has 1 aromatic rings.